The van der Waals surface area contributed by atoms with E-state index < -0.39 is 15.8 Å². The van der Waals surface area contributed by atoms with E-state index in [4.69, 9.17) is 5.11 Å². The second kappa shape index (κ2) is 7.39. The molecule has 7 nitrogen and oxygen atoms in total. The van der Waals surface area contributed by atoms with Crippen LogP contribution in [-0.2, 0) is 27.6 Å². The predicted molar refractivity (Wildman–Crippen MR) is 94.1 cm³/mol. The van der Waals surface area contributed by atoms with Crippen molar-refractivity contribution in [3.05, 3.63) is 29.6 Å². The molecule has 2 aliphatic rings. The molecule has 0 bridgehead atoms. The number of aliphatic carboxylic acids is 1. The van der Waals surface area contributed by atoms with Gasteiger partial charge in [0, 0.05) is 44.5 Å². The normalized spacial score (nSPS) is 26.4. The lowest BCUT2D eigenvalue weighted by Crippen LogP contribution is -2.58. The summed E-state index contributed by atoms with van der Waals surface area (Å²) in [5, 5.41) is 8.91. The van der Waals surface area contributed by atoms with Gasteiger partial charge in [-0.15, -0.1) is 0 Å². The van der Waals surface area contributed by atoms with E-state index >= 15 is 0 Å². The number of nitrogens with zero attached hydrogens (tertiary/aromatic N) is 3. The maximum Gasteiger partial charge on any atom is 0.304 e. The number of sulfone groups is 1. The van der Waals surface area contributed by atoms with Gasteiger partial charge in [-0.2, -0.15) is 0 Å². The molecule has 1 N–H and O–H groups in total. The summed E-state index contributed by atoms with van der Waals surface area (Å²) in [7, 11) is -3.09. The Kier molecular flexibility index (Phi) is 5.41. The smallest absolute Gasteiger partial charge is 0.304 e. The molecule has 3 rings (SSSR count). The molecule has 138 valence electrons. The Morgan fingerprint density at radius 2 is 1.92 bits per heavy atom. The topological polar surface area (TPSA) is 90.8 Å². The quantitative estimate of drug-likeness (QED) is 0.778. The van der Waals surface area contributed by atoms with Crippen LogP contribution in [0.4, 0.5) is 0 Å². The standard InChI is InChI=1S/C17H25N3O4S/c1-2-13-3-4-14(18-9-13)10-20-8-7-19(6-5-17(21)22)15-11-25(23,24)12-16(15)20/h3-4,9,15-16H,2,5-8,10-12H2,1H3,(H,21,22)/t15-,16+/m1/s1. The second-order valence-corrected chi connectivity index (χ2v) is 9.03. The van der Waals surface area contributed by atoms with Crippen molar-refractivity contribution in [1.82, 2.24) is 14.8 Å². The highest BCUT2D eigenvalue weighted by Crippen LogP contribution is 2.28. The Balaban J connectivity index is 1.72. The number of rotatable bonds is 6. The van der Waals surface area contributed by atoms with Gasteiger partial charge < -0.3 is 5.11 Å². The van der Waals surface area contributed by atoms with Crippen molar-refractivity contribution in [2.75, 3.05) is 31.1 Å². The first-order valence-corrected chi connectivity index (χ1v) is 10.5. The molecule has 0 spiro atoms. The van der Waals surface area contributed by atoms with Gasteiger partial charge in [-0.1, -0.05) is 13.0 Å². The number of hydrogen-bond acceptors (Lipinski definition) is 6. The average Bonchev–Trinajstić information content (AvgIpc) is 2.90. The Morgan fingerprint density at radius 1 is 1.24 bits per heavy atom. The molecule has 0 aliphatic carbocycles. The van der Waals surface area contributed by atoms with Crippen molar-refractivity contribution in [1.29, 1.82) is 0 Å². The van der Waals surface area contributed by atoms with Gasteiger partial charge in [-0.05, 0) is 18.1 Å². The number of carboxylic acid groups (broad SMARTS) is 1. The molecule has 1 aromatic rings. The highest BCUT2D eigenvalue weighted by Gasteiger charge is 2.46. The number of fused-ring (bicyclic) bond motifs is 1. The van der Waals surface area contributed by atoms with E-state index in [-0.39, 0.29) is 30.0 Å². The number of carboxylic acids is 1. The molecule has 0 saturated carbocycles. The summed E-state index contributed by atoms with van der Waals surface area (Å²) in [5.41, 5.74) is 2.13. The zero-order valence-corrected chi connectivity index (χ0v) is 15.3. The minimum Gasteiger partial charge on any atom is -0.481 e. The number of carbonyl (C=O) groups is 1. The van der Waals surface area contributed by atoms with Crippen molar-refractivity contribution in [3.8, 4) is 0 Å². The van der Waals surface area contributed by atoms with Gasteiger partial charge in [0.1, 0.15) is 0 Å². The first kappa shape index (κ1) is 18.3. The molecule has 25 heavy (non-hydrogen) atoms. The molecule has 0 unspecified atom stereocenters. The average molecular weight is 367 g/mol. The Hall–Kier alpha value is -1.51. The van der Waals surface area contributed by atoms with Crippen LogP contribution in [0.5, 0.6) is 0 Å². The van der Waals surface area contributed by atoms with Crippen molar-refractivity contribution in [2.45, 2.75) is 38.4 Å². The lowest BCUT2D eigenvalue weighted by atomic mass is 10.0. The Labute approximate surface area is 148 Å². The summed E-state index contributed by atoms with van der Waals surface area (Å²) in [5.74, 6) is -0.579. The highest BCUT2D eigenvalue weighted by molar-refractivity contribution is 7.91. The van der Waals surface area contributed by atoms with Crippen molar-refractivity contribution < 1.29 is 18.3 Å². The largest absolute Gasteiger partial charge is 0.481 e. The van der Waals surface area contributed by atoms with Crippen LogP contribution in [-0.4, -0.2) is 77.5 Å². The summed E-state index contributed by atoms with van der Waals surface area (Å²) in [4.78, 5) is 19.6. The van der Waals surface area contributed by atoms with Gasteiger partial charge >= 0.3 is 5.97 Å². The van der Waals surface area contributed by atoms with Crippen LogP contribution >= 0.6 is 0 Å². The van der Waals surface area contributed by atoms with Gasteiger partial charge in [-0.25, -0.2) is 8.42 Å². The summed E-state index contributed by atoms with van der Waals surface area (Å²) in [6.07, 6.45) is 2.86. The molecule has 1 aromatic heterocycles. The molecule has 0 radical (unpaired) electrons. The predicted octanol–water partition coefficient (Wildman–Crippen LogP) is 0.402. The number of aromatic nitrogens is 1. The number of pyridine rings is 1. The molecular weight excluding hydrogens is 342 g/mol. The van der Waals surface area contributed by atoms with E-state index in [2.05, 4.69) is 22.9 Å². The van der Waals surface area contributed by atoms with Crippen molar-refractivity contribution in [2.24, 2.45) is 0 Å². The summed E-state index contributed by atoms with van der Waals surface area (Å²) >= 11 is 0. The molecule has 2 saturated heterocycles. The first-order valence-electron chi connectivity index (χ1n) is 8.72. The third-order valence-corrected chi connectivity index (χ3v) is 6.88. The number of aryl methyl sites for hydroxylation is 1. The lowest BCUT2D eigenvalue weighted by molar-refractivity contribution is -0.137. The van der Waals surface area contributed by atoms with E-state index in [1.165, 1.54) is 5.56 Å². The van der Waals surface area contributed by atoms with Crippen LogP contribution < -0.4 is 0 Å². The zero-order chi connectivity index (χ0) is 18.0. The minimum atomic E-state index is -3.09. The second-order valence-electron chi connectivity index (χ2n) is 6.87. The van der Waals surface area contributed by atoms with E-state index in [1.807, 2.05) is 17.2 Å². The summed E-state index contributed by atoms with van der Waals surface area (Å²) in [6.45, 7) is 4.54. The van der Waals surface area contributed by atoms with E-state index in [0.717, 1.165) is 18.7 Å². The molecule has 2 atom stereocenters. The van der Waals surface area contributed by atoms with Crippen LogP contribution in [0.3, 0.4) is 0 Å². The fourth-order valence-corrected chi connectivity index (χ4v) is 5.82. The minimum absolute atomic E-state index is 0.0449. The van der Waals surface area contributed by atoms with Gasteiger partial charge in [0.25, 0.3) is 0 Å². The van der Waals surface area contributed by atoms with Gasteiger partial charge in [0.15, 0.2) is 9.84 Å². The van der Waals surface area contributed by atoms with E-state index in [9.17, 15) is 13.2 Å². The molecule has 8 heteroatoms. The van der Waals surface area contributed by atoms with Gasteiger partial charge in [0.05, 0.1) is 23.6 Å². The van der Waals surface area contributed by atoms with Crippen LogP contribution in [0.1, 0.15) is 24.6 Å². The molecule has 0 amide bonds. The van der Waals surface area contributed by atoms with Crippen LogP contribution in [0, 0.1) is 0 Å². The summed E-state index contributed by atoms with van der Waals surface area (Å²) < 4.78 is 24.4. The van der Waals surface area contributed by atoms with Crippen LogP contribution in [0.25, 0.3) is 0 Å². The van der Waals surface area contributed by atoms with Crippen LogP contribution in [0.2, 0.25) is 0 Å². The van der Waals surface area contributed by atoms with E-state index in [1.54, 1.807) is 0 Å². The molecular formula is C17H25N3O4S. The highest BCUT2D eigenvalue weighted by atomic mass is 32.2. The Bertz CT molecular complexity index is 720. The maximum absolute atomic E-state index is 12.2. The fraction of sp³-hybridized carbons (Fsp3) is 0.647. The number of piperazine rings is 1. The Morgan fingerprint density at radius 3 is 2.52 bits per heavy atom. The molecule has 0 aromatic carbocycles. The SMILES string of the molecule is CCc1ccc(CN2CCN(CCC(=O)O)[C@@H]3CS(=O)(=O)C[C@@H]32)nc1. The monoisotopic (exact) mass is 367 g/mol. The zero-order valence-electron chi connectivity index (χ0n) is 14.5. The van der Waals surface area contributed by atoms with Gasteiger partial charge in [-0.3, -0.25) is 19.6 Å². The molecule has 3 heterocycles. The van der Waals surface area contributed by atoms with Crippen LogP contribution in [0.15, 0.2) is 18.3 Å². The van der Waals surface area contributed by atoms with Crippen molar-refractivity contribution >= 4 is 15.8 Å². The lowest BCUT2D eigenvalue weighted by Gasteiger charge is -2.43. The maximum atomic E-state index is 12.2. The van der Waals surface area contributed by atoms with E-state index in [0.29, 0.717) is 19.6 Å². The van der Waals surface area contributed by atoms with Crippen molar-refractivity contribution in [3.63, 3.8) is 0 Å². The molecule has 2 aliphatic heterocycles. The third kappa shape index (κ3) is 4.37. The van der Waals surface area contributed by atoms with Gasteiger partial charge in [0.2, 0.25) is 0 Å². The number of hydrogen-bond donors (Lipinski definition) is 1. The molecule has 2 fully saturated rings. The first-order chi connectivity index (χ1) is 11.9. The fourth-order valence-electron chi connectivity index (χ4n) is 3.78. The third-order valence-electron chi connectivity index (χ3n) is 5.18. The summed E-state index contributed by atoms with van der Waals surface area (Å²) in [6, 6.07) is 3.87.